The van der Waals surface area contributed by atoms with Gasteiger partial charge in [-0.3, -0.25) is 15.1 Å². The molecule has 0 unspecified atom stereocenters. The van der Waals surface area contributed by atoms with E-state index in [9.17, 15) is 10.1 Å². The monoisotopic (exact) mass is 268 g/mol. The van der Waals surface area contributed by atoms with Gasteiger partial charge in [0.2, 0.25) is 0 Å². The second kappa shape index (κ2) is 4.73. The van der Waals surface area contributed by atoms with E-state index >= 15 is 0 Å². The lowest BCUT2D eigenvalue weighted by molar-refractivity contribution is -0.384. The van der Waals surface area contributed by atoms with Crippen LogP contribution in [0.4, 0.5) is 5.69 Å². The summed E-state index contributed by atoms with van der Waals surface area (Å²) in [4.78, 5) is 22.1. The molecule has 3 rings (SSSR count). The zero-order valence-electron chi connectivity index (χ0n) is 10.8. The van der Waals surface area contributed by atoms with Crippen molar-refractivity contribution in [3.63, 3.8) is 0 Å². The van der Waals surface area contributed by atoms with Crippen LogP contribution >= 0.6 is 0 Å². The number of nitro groups is 1. The summed E-state index contributed by atoms with van der Waals surface area (Å²) >= 11 is 0. The van der Waals surface area contributed by atoms with Gasteiger partial charge in [0.1, 0.15) is 5.69 Å². The predicted molar refractivity (Wildman–Crippen MR) is 75.4 cm³/mol. The molecule has 0 spiro atoms. The van der Waals surface area contributed by atoms with Gasteiger partial charge in [-0.25, -0.2) is 4.98 Å². The van der Waals surface area contributed by atoms with Crippen molar-refractivity contribution < 1.29 is 4.92 Å². The molecule has 0 atom stereocenters. The number of nitrogens with one attached hydrogen (secondary N) is 1. The molecular formula is C14H12N4O2. The minimum absolute atomic E-state index is 0.0435. The molecule has 6 nitrogen and oxygen atoms in total. The molecule has 1 N–H and O–H groups in total. The van der Waals surface area contributed by atoms with E-state index in [2.05, 4.69) is 21.9 Å². The van der Waals surface area contributed by atoms with Crippen LogP contribution in [0.3, 0.4) is 0 Å². The Morgan fingerprint density at radius 3 is 2.80 bits per heavy atom. The topological polar surface area (TPSA) is 84.7 Å². The molecule has 3 aromatic rings. The highest BCUT2D eigenvalue weighted by Crippen LogP contribution is 2.22. The number of hydrogen-bond donors (Lipinski definition) is 1. The zero-order chi connectivity index (χ0) is 14.1. The third kappa shape index (κ3) is 2.11. The lowest BCUT2D eigenvalue weighted by Crippen LogP contribution is -1.87. The summed E-state index contributed by atoms with van der Waals surface area (Å²) in [6.07, 6.45) is 2.74. The molecule has 0 aliphatic carbocycles. The van der Waals surface area contributed by atoms with Crippen LogP contribution in [-0.2, 0) is 6.42 Å². The number of aryl methyl sites for hydroxylation is 1. The van der Waals surface area contributed by atoms with E-state index in [1.54, 1.807) is 6.07 Å². The van der Waals surface area contributed by atoms with E-state index in [1.165, 1.54) is 12.1 Å². The first-order valence-corrected chi connectivity index (χ1v) is 6.27. The first kappa shape index (κ1) is 12.3. The average Bonchev–Trinajstić information content (AvgIpc) is 2.90. The fourth-order valence-electron chi connectivity index (χ4n) is 2.01. The molecule has 0 saturated heterocycles. The summed E-state index contributed by atoms with van der Waals surface area (Å²) in [5.41, 5.74) is 3.24. The van der Waals surface area contributed by atoms with Gasteiger partial charge < -0.3 is 4.98 Å². The highest BCUT2D eigenvalue weighted by Gasteiger charge is 2.11. The quantitative estimate of drug-likeness (QED) is 0.584. The molecule has 100 valence electrons. The molecule has 2 aromatic heterocycles. The van der Waals surface area contributed by atoms with Crippen molar-refractivity contribution in [2.45, 2.75) is 13.3 Å². The van der Waals surface area contributed by atoms with E-state index in [4.69, 9.17) is 0 Å². The Bertz CT molecular complexity index is 777. The van der Waals surface area contributed by atoms with Crippen molar-refractivity contribution >= 4 is 16.7 Å². The lowest BCUT2D eigenvalue weighted by Gasteiger charge is -1.97. The van der Waals surface area contributed by atoms with Gasteiger partial charge in [-0.15, -0.1) is 0 Å². The number of rotatable bonds is 3. The van der Waals surface area contributed by atoms with Gasteiger partial charge in [0, 0.05) is 18.3 Å². The molecule has 0 aliphatic heterocycles. The van der Waals surface area contributed by atoms with Crippen molar-refractivity contribution in [1.29, 1.82) is 0 Å². The second-order valence-electron chi connectivity index (χ2n) is 4.45. The molecule has 2 heterocycles. The molecule has 0 amide bonds. The molecule has 0 saturated carbocycles. The number of aromatic nitrogens is 3. The Morgan fingerprint density at radius 1 is 1.30 bits per heavy atom. The minimum atomic E-state index is -0.422. The first-order chi connectivity index (χ1) is 9.67. The van der Waals surface area contributed by atoms with Crippen LogP contribution in [0.15, 0.2) is 36.5 Å². The van der Waals surface area contributed by atoms with Gasteiger partial charge in [0.05, 0.1) is 16.0 Å². The Hall–Kier alpha value is -2.76. The van der Waals surface area contributed by atoms with Crippen LogP contribution in [0.5, 0.6) is 0 Å². The molecule has 0 bridgehead atoms. The van der Waals surface area contributed by atoms with E-state index in [0.717, 1.165) is 17.7 Å². The van der Waals surface area contributed by atoms with Crippen LogP contribution in [0.1, 0.15) is 12.5 Å². The molecule has 0 fully saturated rings. The van der Waals surface area contributed by atoms with E-state index in [1.807, 2.05) is 18.3 Å². The van der Waals surface area contributed by atoms with Gasteiger partial charge in [-0.2, -0.15) is 0 Å². The van der Waals surface area contributed by atoms with Crippen LogP contribution in [0.25, 0.3) is 22.6 Å². The van der Waals surface area contributed by atoms with Crippen LogP contribution in [0, 0.1) is 10.1 Å². The van der Waals surface area contributed by atoms with Crippen molar-refractivity contribution in [1.82, 2.24) is 15.0 Å². The Morgan fingerprint density at radius 2 is 2.15 bits per heavy atom. The number of non-ortho nitro benzene ring substituents is 1. The number of nitro benzene ring substituents is 1. The summed E-state index contributed by atoms with van der Waals surface area (Å²) in [5, 5.41) is 10.8. The Kier molecular flexibility index (Phi) is 2.90. The Labute approximate surface area is 114 Å². The second-order valence-corrected chi connectivity index (χ2v) is 4.45. The largest absolute Gasteiger partial charge is 0.336 e. The minimum Gasteiger partial charge on any atom is -0.336 e. The van der Waals surface area contributed by atoms with Gasteiger partial charge >= 0.3 is 0 Å². The van der Waals surface area contributed by atoms with Gasteiger partial charge in [0.15, 0.2) is 5.82 Å². The van der Waals surface area contributed by atoms with E-state index in [0.29, 0.717) is 16.9 Å². The standard InChI is InChI=1S/C14H12N4O2/c1-2-9-3-5-12(15-8-9)14-16-11-6-4-10(18(19)20)7-13(11)17-14/h3-8H,2H2,1H3,(H,16,17). The molecule has 0 radical (unpaired) electrons. The predicted octanol–water partition coefficient (Wildman–Crippen LogP) is 3.10. The highest BCUT2D eigenvalue weighted by molar-refractivity contribution is 5.80. The zero-order valence-corrected chi connectivity index (χ0v) is 10.8. The third-order valence-electron chi connectivity index (χ3n) is 3.15. The summed E-state index contributed by atoms with van der Waals surface area (Å²) in [6, 6.07) is 8.45. The van der Waals surface area contributed by atoms with Crippen molar-refractivity contribution in [3.8, 4) is 11.5 Å². The molecule has 20 heavy (non-hydrogen) atoms. The summed E-state index contributed by atoms with van der Waals surface area (Å²) in [5.74, 6) is 0.614. The maximum atomic E-state index is 10.8. The first-order valence-electron chi connectivity index (χ1n) is 6.27. The Balaban J connectivity index is 2.05. The lowest BCUT2D eigenvalue weighted by atomic mass is 10.2. The molecule has 6 heteroatoms. The third-order valence-corrected chi connectivity index (χ3v) is 3.15. The molecule has 1 aromatic carbocycles. The van der Waals surface area contributed by atoms with Crippen molar-refractivity contribution in [2.24, 2.45) is 0 Å². The maximum absolute atomic E-state index is 10.8. The summed E-state index contributed by atoms with van der Waals surface area (Å²) in [7, 11) is 0. The summed E-state index contributed by atoms with van der Waals surface area (Å²) in [6.45, 7) is 2.07. The SMILES string of the molecule is CCc1ccc(-c2nc3ccc([N+](=O)[O-])cc3[nH]2)nc1. The van der Waals surface area contributed by atoms with E-state index < -0.39 is 4.92 Å². The fraction of sp³-hybridized carbons (Fsp3) is 0.143. The van der Waals surface area contributed by atoms with Gasteiger partial charge in [-0.1, -0.05) is 13.0 Å². The number of H-pyrrole nitrogens is 1. The number of pyridine rings is 1. The number of fused-ring (bicyclic) bond motifs is 1. The van der Waals surface area contributed by atoms with Crippen LogP contribution in [-0.4, -0.2) is 19.9 Å². The van der Waals surface area contributed by atoms with Crippen LogP contribution in [0.2, 0.25) is 0 Å². The van der Waals surface area contributed by atoms with Gasteiger partial charge in [0.25, 0.3) is 5.69 Å². The summed E-state index contributed by atoms with van der Waals surface area (Å²) < 4.78 is 0. The number of benzene rings is 1. The normalized spacial score (nSPS) is 10.8. The van der Waals surface area contributed by atoms with Crippen molar-refractivity contribution in [2.75, 3.05) is 0 Å². The van der Waals surface area contributed by atoms with Crippen molar-refractivity contribution in [3.05, 3.63) is 52.2 Å². The number of imidazole rings is 1. The van der Waals surface area contributed by atoms with Gasteiger partial charge in [-0.05, 0) is 24.1 Å². The van der Waals surface area contributed by atoms with E-state index in [-0.39, 0.29) is 5.69 Å². The number of aromatic amines is 1. The highest BCUT2D eigenvalue weighted by atomic mass is 16.6. The molecular weight excluding hydrogens is 256 g/mol. The smallest absolute Gasteiger partial charge is 0.271 e. The number of hydrogen-bond acceptors (Lipinski definition) is 4. The fourth-order valence-corrected chi connectivity index (χ4v) is 2.01. The maximum Gasteiger partial charge on any atom is 0.271 e. The van der Waals surface area contributed by atoms with Crippen LogP contribution < -0.4 is 0 Å². The molecule has 0 aliphatic rings. The average molecular weight is 268 g/mol. The number of nitrogens with zero attached hydrogens (tertiary/aromatic N) is 3.